The van der Waals surface area contributed by atoms with Crippen molar-refractivity contribution in [3.05, 3.63) is 32.3 Å². The van der Waals surface area contributed by atoms with Gasteiger partial charge in [-0.15, -0.1) is 0 Å². The standard InChI is InChI=1S/C12H15BrN2O3/c13-9-6-8(7-10(11(9)16)15(17)18)12(14)4-2-1-3-5-12/h6-7,16H,1-5,14H2. The van der Waals surface area contributed by atoms with Gasteiger partial charge in [0.05, 0.1) is 9.40 Å². The molecule has 98 valence electrons. The fourth-order valence-electron chi connectivity index (χ4n) is 2.48. The predicted molar refractivity (Wildman–Crippen MR) is 71.4 cm³/mol. The van der Waals surface area contributed by atoms with Gasteiger partial charge < -0.3 is 10.8 Å². The topological polar surface area (TPSA) is 89.4 Å². The second-order valence-electron chi connectivity index (χ2n) is 4.80. The third kappa shape index (κ3) is 2.35. The van der Waals surface area contributed by atoms with Crippen LogP contribution in [0.15, 0.2) is 16.6 Å². The van der Waals surface area contributed by atoms with Crippen LogP contribution in [0.5, 0.6) is 5.75 Å². The van der Waals surface area contributed by atoms with Crippen molar-refractivity contribution in [1.29, 1.82) is 0 Å². The Kier molecular flexibility index (Phi) is 3.59. The summed E-state index contributed by atoms with van der Waals surface area (Å²) in [6, 6.07) is 3.08. The second-order valence-corrected chi connectivity index (χ2v) is 5.65. The number of hydrogen-bond donors (Lipinski definition) is 2. The number of rotatable bonds is 2. The van der Waals surface area contributed by atoms with Crippen molar-refractivity contribution >= 4 is 21.6 Å². The first-order valence-corrected chi connectivity index (χ1v) is 6.69. The molecular formula is C12H15BrN2O3. The van der Waals surface area contributed by atoms with Crippen molar-refractivity contribution in [1.82, 2.24) is 0 Å². The quantitative estimate of drug-likeness (QED) is 0.648. The van der Waals surface area contributed by atoms with E-state index >= 15 is 0 Å². The van der Waals surface area contributed by atoms with Crippen LogP contribution in [0.4, 0.5) is 5.69 Å². The van der Waals surface area contributed by atoms with E-state index in [0.29, 0.717) is 4.47 Å². The van der Waals surface area contributed by atoms with Gasteiger partial charge in [-0.05, 0) is 40.4 Å². The molecule has 0 aromatic heterocycles. The SMILES string of the molecule is NC1(c2cc(Br)c(O)c([N+](=O)[O-])c2)CCCCC1. The largest absolute Gasteiger partial charge is 0.501 e. The Morgan fingerprint density at radius 3 is 2.50 bits per heavy atom. The first-order valence-electron chi connectivity index (χ1n) is 5.90. The fraction of sp³-hybridized carbons (Fsp3) is 0.500. The lowest BCUT2D eigenvalue weighted by Crippen LogP contribution is -2.38. The summed E-state index contributed by atoms with van der Waals surface area (Å²) in [7, 11) is 0. The minimum Gasteiger partial charge on any atom is -0.501 e. The highest BCUT2D eigenvalue weighted by molar-refractivity contribution is 9.10. The molecule has 0 aliphatic heterocycles. The van der Waals surface area contributed by atoms with Gasteiger partial charge in [0, 0.05) is 11.6 Å². The van der Waals surface area contributed by atoms with Crippen LogP contribution in [0, 0.1) is 10.1 Å². The monoisotopic (exact) mass is 314 g/mol. The van der Waals surface area contributed by atoms with E-state index in [2.05, 4.69) is 15.9 Å². The van der Waals surface area contributed by atoms with Gasteiger partial charge in [-0.1, -0.05) is 19.3 Å². The normalized spacial score (nSPS) is 18.6. The zero-order chi connectivity index (χ0) is 13.3. The number of nitro benzene ring substituents is 1. The Morgan fingerprint density at radius 2 is 1.94 bits per heavy atom. The Labute approximate surface area is 113 Å². The third-order valence-corrected chi connectivity index (χ3v) is 4.17. The molecule has 0 unspecified atom stereocenters. The summed E-state index contributed by atoms with van der Waals surface area (Å²) in [5.74, 6) is -0.344. The molecule has 0 spiro atoms. The molecular weight excluding hydrogens is 300 g/mol. The number of hydrogen-bond acceptors (Lipinski definition) is 4. The highest BCUT2D eigenvalue weighted by atomic mass is 79.9. The van der Waals surface area contributed by atoms with E-state index < -0.39 is 10.5 Å². The van der Waals surface area contributed by atoms with E-state index in [1.807, 2.05) is 0 Å². The maximum absolute atomic E-state index is 10.9. The van der Waals surface area contributed by atoms with Gasteiger partial charge in [0.15, 0.2) is 0 Å². The van der Waals surface area contributed by atoms with E-state index in [1.165, 1.54) is 6.07 Å². The first-order chi connectivity index (χ1) is 8.44. The molecule has 18 heavy (non-hydrogen) atoms. The number of phenols is 1. The molecule has 0 heterocycles. The van der Waals surface area contributed by atoms with Crippen molar-refractivity contribution in [3.8, 4) is 5.75 Å². The van der Waals surface area contributed by atoms with Crippen molar-refractivity contribution < 1.29 is 10.0 Å². The summed E-state index contributed by atoms with van der Waals surface area (Å²) in [4.78, 5) is 10.3. The molecule has 1 aliphatic carbocycles. The smallest absolute Gasteiger partial charge is 0.312 e. The van der Waals surface area contributed by atoms with E-state index in [1.54, 1.807) is 6.07 Å². The Morgan fingerprint density at radius 1 is 1.33 bits per heavy atom. The highest BCUT2D eigenvalue weighted by Gasteiger charge is 2.32. The van der Waals surface area contributed by atoms with Gasteiger partial charge in [-0.2, -0.15) is 0 Å². The zero-order valence-corrected chi connectivity index (χ0v) is 11.4. The molecule has 0 radical (unpaired) electrons. The summed E-state index contributed by atoms with van der Waals surface area (Å²) < 4.78 is 0.321. The van der Waals surface area contributed by atoms with Crippen LogP contribution in [0.1, 0.15) is 37.7 Å². The van der Waals surface area contributed by atoms with Gasteiger partial charge in [0.25, 0.3) is 0 Å². The van der Waals surface area contributed by atoms with E-state index in [9.17, 15) is 15.2 Å². The molecule has 5 nitrogen and oxygen atoms in total. The summed E-state index contributed by atoms with van der Waals surface area (Å²) in [5, 5.41) is 20.5. The number of phenolic OH excluding ortho intramolecular Hbond substituents is 1. The molecule has 0 saturated heterocycles. The molecule has 1 aromatic carbocycles. The van der Waals surface area contributed by atoms with Gasteiger partial charge in [0.1, 0.15) is 0 Å². The summed E-state index contributed by atoms with van der Waals surface area (Å²) in [6.07, 6.45) is 4.86. The maximum Gasteiger partial charge on any atom is 0.312 e. The van der Waals surface area contributed by atoms with E-state index in [4.69, 9.17) is 5.73 Å². The second kappa shape index (κ2) is 4.85. The minimum absolute atomic E-state index is 0.297. The van der Waals surface area contributed by atoms with Crippen molar-refractivity contribution in [2.75, 3.05) is 0 Å². The maximum atomic E-state index is 10.9. The summed E-state index contributed by atoms with van der Waals surface area (Å²) in [5.41, 5.74) is 6.25. The van der Waals surface area contributed by atoms with Gasteiger partial charge in [0.2, 0.25) is 5.75 Å². The molecule has 3 N–H and O–H groups in total. The van der Waals surface area contributed by atoms with Crippen LogP contribution < -0.4 is 5.73 Å². The molecule has 0 bridgehead atoms. The zero-order valence-electron chi connectivity index (χ0n) is 9.86. The predicted octanol–water partition coefficient (Wildman–Crippen LogP) is 3.18. The van der Waals surface area contributed by atoms with E-state index in [-0.39, 0.29) is 11.4 Å². The lowest BCUT2D eigenvalue weighted by atomic mass is 9.77. The lowest BCUT2D eigenvalue weighted by molar-refractivity contribution is -0.386. The van der Waals surface area contributed by atoms with Gasteiger partial charge in [-0.3, -0.25) is 10.1 Å². The van der Waals surface area contributed by atoms with Crippen LogP contribution in [-0.2, 0) is 5.54 Å². The Balaban J connectivity index is 2.48. The van der Waals surface area contributed by atoms with Crippen LogP contribution in [-0.4, -0.2) is 10.0 Å². The Hall–Kier alpha value is -1.14. The molecule has 1 saturated carbocycles. The van der Waals surface area contributed by atoms with Crippen LogP contribution >= 0.6 is 15.9 Å². The van der Waals surface area contributed by atoms with Crippen LogP contribution in [0.3, 0.4) is 0 Å². The number of nitro groups is 1. The molecule has 0 atom stereocenters. The minimum atomic E-state index is -0.588. The first kappa shape index (κ1) is 13.3. The lowest BCUT2D eigenvalue weighted by Gasteiger charge is -2.34. The van der Waals surface area contributed by atoms with Crippen LogP contribution in [0.2, 0.25) is 0 Å². The molecule has 2 rings (SSSR count). The summed E-state index contributed by atoms with van der Waals surface area (Å²) in [6.45, 7) is 0. The van der Waals surface area contributed by atoms with E-state index in [0.717, 1.165) is 37.7 Å². The fourth-order valence-corrected chi connectivity index (χ4v) is 2.93. The highest BCUT2D eigenvalue weighted by Crippen LogP contribution is 2.41. The molecule has 1 aromatic rings. The summed E-state index contributed by atoms with van der Waals surface area (Å²) >= 11 is 3.15. The average molecular weight is 315 g/mol. The van der Waals surface area contributed by atoms with Crippen molar-refractivity contribution in [3.63, 3.8) is 0 Å². The number of nitrogens with zero attached hydrogens (tertiary/aromatic N) is 1. The number of nitrogens with two attached hydrogens (primary N) is 1. The molecule has 0 amide bonds. The number of halogens is 1. The molecule has 6 heteroatoms. The van der Waals surface area contributed by atoms with Gasteiger partial charge >= 0.3 is 5.69 Å². The Bertz CT molecular complexity index is 484. The number of benzene rings is 1. The molecule has 1 fully saturated rings. The van der Waals surface area contributed by atoms with Crippen LogP contribution in [0.25, 0.3) is 0 Å². The average Bonchev–Trinajstić information content (AvgIpc) is 2.33. The number of aromatic hydroxyl groups is 1. The third-order valence-electron chi connectivity index (χ3n) is 3.56. The van der Waals surface area contributed by atoms with Crippen molar-refractivity contribution in [2.24, 2.45) is 5.73 Å². The van der Waals surface area contributed by atoms with Crippen molar-refractivity contribution in [2.45, 2.75) is 37.6 Å². The molecule has 1 aliphatic rings. The van der Waals surface area contributed by atoms with Gasteiger partial charge in [-0.25, -0.2) is 0 Å².